The van der Waals surface area contributed by atoms with E-state index in [1.807, 2.05) is 0 Å². The minimum Gasteiger partial charge on any atom is -0.496 e. The molecule has 0 bridgehead atoms. The number of oxime groups is 1. The molecule has 0 aromatic heterocycles. The van der Waals surface area contributed by atoms with Gasteiger partial charge in [-0.05, 0) is 6.92 Å². The van der Waals surface area contributed by atoms with E-state index in [9.17, 15) is 4.79 Å². The van der Waals surface area contributed by atoms with Crippen molar-refractivity contribution in [1.82, 2.24) is 0 Å². The van der Waals surface area contributed by atoms with Gasteiger partial charge in [0.05, 0.1) is 21.3 Å². The fourth-order valence-electron chi connectivity index (χ4n) is 1.38. The molecule has 0 heterocycles. The summed E-state index contributed by atoms with van der Waals surface area (Å²) in [4.78, 5) is 11.7. The molecule has 0 unspecified atom stereocenters. The largest absolute Gasteiger partial charge is 0.496 e. The van der Waals surface area contributed by atoms with Crippen LogP contribution < -0.4 is 19.5 Å². The third-order valence-corrected chi connectivity index (χ3v) is 2.43. The third-order valence-electron chi connectivity index (χ3n) is 2.43. The van der Waals surface area contributed by atoms with E-state index >= 15 is 0 Å². The van der Waals surface area contributed by atoms with Crippen molar-refractivity contribution in [2.45, 2.75) is 6.92 Å². The number of carbonyl (C=O) groups excluding carboxylic acids is 1. The zero-order valence-electron chi connectivity index (χ0n) is 11.2. The lowest BCUT2D eigenvalue weighted by atomic mass is 10.2. The molecule has 19 heavy (non-hydrogen) atoms. The van der Waals surface area contributed by atoms with Crippen LogP contribution in [0, 0.1) is 0 Å². The van der Waals surface area contributed by atoms with Gasteiger partial charge < -0.3 is 24.7 Å². The van der Waals surface area contributed by atoms with Gasteiger partial charge in [0.15, 0.2) is 0 Å². The van der Waals surface area contributed by atoms with Gasteiger partial charge in [-0.15, -0.1) is 0 Å². The molecule has 7 nitrogen and oxygen atoms in total. The van der Waals surface area contributed by atoms with Crippen LogP contribution in [0.1, 0.15) is 6.92 Å². The maximum Gasteiger partial charge on any atom is 0.273 e. The van der Waals surface area contributed by atoms with Crippen LogP contribution in [0.15, 0.2) is 17.3 Å². The number of methoxy groups -OCH3 is 3. The molecule has 1 amide bonds. The number of nitrogens with one attached hydrogen (secondary N) is 1. The van der Waals surface area contributed by atoms with Crippen molar-refractivity contribution in [1.29, 1.82) is 0 Å². The van der Waals surface area contributed by atoms with E-state index in [2.05, 4.69) is 10.5 Å². The molecule has 0 saturated carbocycles. The number of nitrogens with zero attached hydrogens (tertiary/aromatic N) is 1. The Labute approximate surface area is 110 Å². The second-order valence-corrected chi connectivity index (χ2v) is 3.55. The summed E-state index contributed by atoms with van der Waals surface area (Å²) in [5.41, 5.74) is 0.249. The van der Waals surface area contributed by atoms with Crippen LogP contribution in [0.3, 0.4) is 0 Å². The summed E-state index contributed by atoms with van der Waals surface area (Å²) >= 11 is 0. The van der Waals surface area contributed by atoms with Crippen molar-refractivity contribution < 1.29 is 24.2 Å². The molecule has 1 rings (SSSR count). The maximum absolute atomic E-state index is 11.7. The van der Waals surface area contributed by atoms with Crippen molar-refractivity contribution in [3.63, 3.8) is 0 Å². The highest BCUT2D eigenvalue weighted by Gasteiger charge is 2.17. The molecule has 0 saturated heterocycles. The van der Waals surface area contributed by atoms with Crippen LogP contribution in [0.4, 0.5) is 5.69 Å². The first-order valence-electron chi connectivity index (χ1n) is 5.37. The number of hydrogen-bond acceptors (Lipinski definition) is 6. The summed E-state index contributed by atoms with van der Waals surface area (Å²) < 4.78 is 15.4. The Bertz CT molecular complexity index is 474. The van der Waals surface area contributed by atoms with Gasteiger partial charge in [0.1, 0.15) is 28.6 Å². The maximum atomic E-state index is 11.7. The molecule has 2 N–H and O–H groups in total. The fourth-order valence-corrected chi connectivity index (χ4v) is 1.38. The average Bonchev–Trinajstić information content (AvgIpc) is 2.45. The summed E-state index contributed by atoms with van der Waals surface area (Å²) in [6, 6.07) is 3.20. The first-order valence-corrected chi connectivity index (χ1v) is 5.37. The average molecular weight is 268 g/mol. The smallest absolute Gasteiger partial charge is 0.273 e. The monoisotopic (exact) mass is 268 g/mol. The predicted octanol–water partition coefficient (Wildman–Crippen LogP) is 1.50. The molecular formula is C12H16N2O5. The van der Waals surface area contributed by atoms with Crippen LogP contribution in [0.2, 0.25) is 0 Å². The Hall–Kier alpha value is -2.44. The van der Waals surface area contributed by atoms with Gasteiger partial charge in [0.2, 0.25) is 0 Å². The first-order chi connectivity index (χ1) is 9.07. The molecule has 1 aromatic carbocycles. The van der Waals surface area contributed by atoms with Crippen molar-refractivity contribution >= 4 is 17.3 Å². The zero-order chi connectivity index (χ0) is 14.4. The van der Waals surface area contributed by atoms with Gasteiger partial charge in [-0.1, -0.05) is 5.16 Å². The van der Waals surface area contributed by atoms with E-state index < -0.39 is 5.91 Å². The topological polar surface area (TPSA) is 89.4 Å². The molecule has 0 atom stereocenters. The quantitative estimate of drug-likeness (QED) is 0.480. The number of anilines is 1. The summed E-state index contributed by atoms with van der Waals surface area (Å²) in [5, 5.41) is 13.9. The van der Waals surface area contributed by atoms with E-state index in [1.54, 1.807) is 12.1 Å². The molecule has 1 aromatic rings. The van der Waals surface area contributed by atoms with Crippen molar-refractivity contribution in [2.75, 3.05) is 26.6 Å². The van der Waals surface area contributed by atoms with Gasteiger partial charge in [-0.2, -0.15) is 0 Å². The van der Waals surface area contributed by atoms with Gasteiger partial charge in [0, 0.05) is 12.1 Å². The van der Waals surface area contributed by atoms with Crippen LogP contribution in [0.5, 0.6) is 17.2 Å². The zero-order valence-corrected chi connectivity index (χ0v) is 11.2. The number of carbonyl (C=O) groups is 1. The van der Waals surface area contributed by atoms with Crippen molar-refractivity contribution in [3.05, 3.63) is 12.1 Å². The van der Waals surface area contributed by atoms with Crippen molar-refractivity contribution in [2.24, 2.45) is 5.16 Å². The number of hydrogen-bond donors (Lipinski definition) is 2. The molecule has 0 fully saturated rings. The Morgan fingerprint density at radius 1 is 1.16 bits per heavy atom. The van der Waals surface area contributed by atoms with E-state index in [-0.39, 0.29) is 5.71 Å². The molecule has 0 radical (unpaired) electrons. The normalized spacial score (nSPS) is 10.8. The van der Waals surface area contributed by atoms with Crippen LogP contribution >= 0.6 is 0 Å². The number of rotatable bonds is 5. The standard InChI is InChI=1S/C12H16N2O5/c1-7(14-16)12(15)13-11-9(18-3)5-8(17-2)6-10(11)19-4/h5-6,16H,1-4H3,(H,13,15)/b14-7-. The highest BCUT2D eigenvalue weighted by atomic mass is 16.5. The Morgan fingerprint density at radius 3 is 2.05 bits per heavy atom. The minimum atomic E-state index is -0.565. The molecule has 0 aliphatic carbocycles. The Balaban J connectivity index is 3.21. The minimum absolute atomic E-state index is 0.0834. The number of ether oxygens (including phenoxy) is 3. The van der Waals surface area contributed by atoms with Crippen molar-refractivity contribution in [3.8, 4) is 17.2 Å². The predicted molar refractivity (Wildman–Crippen MR) is 69.6 cm³/mol. The first kappa shape index (κ1) is 14.6. The van der Waals surface area contributed by atoms with Gasteiger partial charge in [-0.25, -0.2) is 0 Å². The molecule has 0 spiro atoms. The van der Waals surface area contributed by atoms with Crippen LogP contribution in [0.25, 0.3) is 0 Å². The molecule has 0 aliphatic rings. The highest BCUT2D eigenvalue weighted by Crippen LogP contribution is 2.38. The molecule has 7 heteroatoms. The van der Waals surface area contributed by atoms with Gasteiger partial charge >= 0.3 is 0 Å². The Kier molecular flexibility index (Phi) is 4.99. The lowest BCUT2D eigenvalue weighted by Gasteiger charge is -2.15. The second kappa shape index (κ2) is 6.48. The summed E-state index contributed by atoms with van der Waals surface area (Å²) in [7, 11) is 4.42. The molecule has 104 valence electrons. The van der Waals surface area contributed by atoms with Crippen LogP contribution in [-0.4, -0.2) is 38.2 Å². The second-order valence-electron chi connectivity index (χ2n) is 3.55. The fraction of sp³-hybridized carbons (Fsp3) is 0.333. The number of benzene rings is 1. The lowest BCUT2D eigenvalue weighted by molar-refractivity contribution is -0.110. The highest BCUT2D eigenvalue weighted by molar-refractivity contribution is 6.42. The van der Waals surface area contributed by atoms with Crippen LogP contribution in [-0.2, 0) is 4.79 Å². The van der Waals surface area contributed by atoms with E-state index in [0.717, 1.165) is 0 Å². The van der Waals surface area contributed by atoms with Gasteiger partial charge in [0.25, 0.3) is 5.91 Å². The third kappa shape index (κ3) is 3.27. The Morgan fingerprint density at radius 2 is 1.68 bits per heavy atom. The summed E-state index contributed by atoms with van der Waals surface area (Å²) in [6.07, 6.45) is 0. The summed E-state index contributed by atoms with van der Waals surface area (Å²) in [6.45, 7) is 1.37. The lowest BCUT2D eigenvalue weighted by Crippen LogP contribution is -2.21. The number of amides is 1. The van der Waals surface area contributed by atoms with Gasteiger partial charge in [-0.3, -0.25) is 4.79 Å². The van der Waals surface area contributed by atoms with E-state index in [0.29, 0.717) is 22.9 Å². The molecular weight excluding hydrogens is 252 g/mol. The van der Waals surface area contributed by atoms with E-state index in [4.69, 9.17) is 19.4 Å². The molecule has 0 aliphatic heterocycles. The summed E-state index contributed by atoms with van der Waals surface area (Å²) in [5.74, 6) is 0.703. The SMILES string of the molecule is COc1cc(OC)c(NC(=O)/C(C)=N\O)c(OC)c1. The van der Waals surface area contributed by atoms with E-state index in [1.165, 1.54) is 28.3 Å².